The number of rotatable bonds is 2. The van der Waals surface area contributed by atoms with Gasteiger partial charge in [0, 0.05) is 14.9 Å². The van der Waals surface area contributed by atoms with E-state index in [0.29, 0.717) is 5.56 Å². The third kappa shape index (κ3) is 2.50. The maximum absolute atomic E-state index is 9.04. The Balaban J connectivity index is 2.56. The Labute approximate surface area is 118 Å². The number of nitriles is 1. The molecule has 90 valence electrons. The minimum atomic E-state index is 0.280. The zero-order chi connectivity index (χ0) is 13.1. The summed E-state index contributed by atoms with van der Waals surface area (Å²) < 4.78 is 1.01. The average molecular weight is 320 g/mol. The van der Waals surface area contributed by atoms with E-state index in [-0.39, 0.29) is 5.82 Å². The van der Waals surface area contributed by atoms with Crippen molar-refractivity contribution >= 4 is 33.5 Å². The highest BCUT2D eigenvalue weighted by Gasteiger charge is 2.10. The molecule has 0 unspecified atom stereocenters. The SMILES string of the molecule is CSc1cc(-c2ccc(Br)cc2)nc(N)c1C#N. The summed E-state index contributed by atoms with van der Waals surface area (Å²) in [7, 11) is 0. The topological polar surface area (TPSA) is 62.7 Å². The van der Waals surface area contributed by atoms with Crippen molar-refractivity contribution in [1.82, 2.24) is 4.98 Å². The summed E-state index contributed by atoms with van der Waals surface area (Å²) >= 11 is 4.89. The first-order valence-corrected chi connectivity index (χ1v) is 7.18. The highest BCUT2D eigenvalue weighted by atomic mass is 79.9. The van der Waals surface area contributed by atoms with E-state index in [1.165, 1.54) is 11.8 Å². The lowest BCUT2D eigenvalue weighted by molar-refractivity contribution is 1.24. The van der Waals surface area contributed by atoms with Crippen LogP contribution in [0.3, 0.4) is 0 Å². The van der Waals surface area contributed by atoms with E-state index in [4.69, 9.17) is 11.0 Å². The molecule has 0 saturated heterocycles. The lowest BCUT2D eigenvalue weighted by Crippen LogP contribution is -1.98. The van der Waals surface area contributed by atoms with Crippen LogP contribution >= 0.6 is 27.7 Å². The summed E-state index contributed by atoms with van der Waals surface area (Å²) in [5.41, 5.74) is 8.02. The minimum absolute atomic E-state index is 0.280. The van der Waals surface area contributed by atoms with Gasteiger partial charge in [0.15, 0.2) is 0 Å². The number of nitrogens with two attached hydrogens (primary N) is 1. The highest BCUT2D eigenvalue weighted by molar-refractivity contribution is 9.10. The molecule has 0 radical (unpaired) electrons. The number of pyridine rings is 1. The number of nitrogen functional groups attached to an aromatic ring is 1. The van der Waals surface area contributed by atoms with Crippen LogP contribution in [0.2, 0.25) is 0 Å². The van der Waals surface area contributed by atoms with Gasteiger partial charge in [0.1, 0.15) is 17.5 Å². The molecular formula is C13H10BrN3S. The number of benzene rings is 1. The predicted molar refractivity (Wildman–Crippen MR) is 78.3 cm³/mol. The molecule has 0 amide bonds. The fourth-order valence-corrected chi connectivity index (χ4v) is 2.43. The van der Waals surface area contributed by atoms with Crippen molar-refractivity contribution in [3.05, 3.63) is 40.4 Å². The van der Waals surface area contributed by atoms with Crippen molar-refractivity contribution < 1.29 is 0 Å². The van der Waals surface area contributed by atoms with Crippen molar-refractivity contribution in [3.63, 3.8) is 0 Å². The third-order valence-corrected chi connectivity index (χ3v) is 3.77. The monoisotopic (exact) mass is 319 g/mol. The van der Waals surface area contributed by atoms with Gasteiger partial charge >= 0.3 is 0 Å². The maximum Gasteiger partial charge on any atom is 0.143 e. The summed E-state index contributed by atoms with van der Waals surface area (Å²) in [6, 6.07) is 11.8. The lowest BCUT2D eigenvalue weighted by atomic mass is 10.1. The van der Waals surface area contributed by atoms with E-state index >= 15 is 0 Å². The molecule has 0 aliphatic rings. The van der Waals surface area contributed by atoms with Gasteiger partial charge in [0.05, 0.1) is 5.69 Å². The van der Waals surface area contributed by atoms with Crippen molar-refractivity contribution in [3.8, 4) is 17.3 Å². The van der Waals surface area contributed by atoms with Crippen LogP contribution in [-0.2, 0) is 0 Å². The van der Waals surface area contributed by atoms with Gasteiger partial charge in [-0.05, 0) is 24.5 Å². The Hall–Kier alpha value is -1.51. The number of hydrogen-bond acceptors (Lipinski definition) is 4. The molecule has 2 N–H and O–H groups in total. The van der Waals surface area contributed by atoms with Gasteiger partial charge in [-0.15, -0.1) is 11.8 Å². The smallest absolute Gasteiger partial charge is 0.143 e. The molecule has 0 spiro atoms. The fraction of sp³-hybridized carbons (Fsp3) is 0.0769. The predicted octanol–water partition coefficient (Wildman–Crippen LogP) is 3.69. The molecule has 18 heavy (non-hydrogen) atoms. The van der Waals surface area contributed by atoms with Crippen LogP contribution in [0.25, 0.3) is 11.3 Å². The van der Waals surface area contributed by atoms with E-state index < -0.39 is 0 Å². The van der Waals surface area contributed by atoms with Crippen LogP contribution in [0.15, 0.2) is 39.7 Å². The number of thioether (sulfide) groups is 1. The van der Waals surface area contributed by atoms with Crippen LogP contribution < -0.4 is 5.73 Å². The van der Waals surface area contributed by atoms with Crippen LogP contribution in [-0.4, -0.2) is 11.2 Å². The first kappa shape index (κ1) is 12.9. The summed E-state index contributed by atoms with van der Waals surface area (Å²) in [5.74, 6) is 0.280. The van der Waals surface area contributed by atoms with Crippen molar-refractivity contribution in [2.24, 2.45) is 0 Å². The largest absolute Gasteiger partial charge is 0.383 e. The number of halogens is 1. The molecule has 1 aromatic carbocycles. The molecule has 2 rings (SSSR count). The van der Waals surface area contributed by atoms with Gasteiger partial charge in [-0.25, -0.2) is 4.98 Å². The van der Waals surface area contributed by atoms with Crippen LogP contribution in [0.1, 0.15) is 5.56 Å². The van der Waals surface area contributed by atoms with Crippen LogP contribution in [0.5, 0.6) is 0 Å². The lowest BCUT2D eigenvalue weighted by Gasteiger charge is -2.07. The van der Waals surface area contributed by atoms with Crippen molar-refractivity contribution in [2.45, 2.75) is 4.90 Å². The molecule has 3 nitrogen and oxygen atoms in total. The van der Waals surface area contributed by atoms with Gasteiger partial charge < -0.3 is 5.73 Å². The Bertz CT molecular complexity index is 617. The van der Waals surface area contributed by atoms with Crippen molar-refractivity contribution in [1.29, 1.82) is 5.26 Å². The number of aromatic nitrogens is 1. The molecule has 1 aromatic heterocycles. The summed E-state index contributed by atoms with van der Waals surface area (Å²) in [6.07, 6.45) is 1.92. The molecule has 2 aromatic rings. The minimum Gasteiger partial charge on any atom is -0.383 e. The molecule has 0 bridgehead atoms. The van der Waals surface area contributed by atoms with E-state index in [0.717, 1.165) is 20.6 Å². The second kappa shape index (κ2) is 5.42. The summed E-state index contributed by atoms with van der Waals surface area (Å²) in [4.78, 5) is 5.13. The van der Waals surface area contributed by atoms with Crippen LogP contribution in [0.4, 0.5) is 5.82 Å². The van der Waals surface area contributed by atoms with Crippen molar-refractivity contribution in [2.75, 3.05) is 12.0 Å². The first-order chi connectivity index (χ1) is 8.65. The van der Waals surface area contributed by atoms with Gasteiger partial charge in [0.2, 0.25) is 0 Å². The van der Waals surface area contributed by atoms with Gasteiger partial charge in [-0.1, -0.05) is 28.1 Å². The van der Waals surface area contributed by atoms with Gasteiger partial charge in [-0.3, -0.25) is 0 Å². The van der Waals surface area contributed by atoms with E-state index in [1.54, 1.807) is 0 Å². The number of anilines is 1. The van der Waals surface area contributed by atoms with E-state index in [1.807, 2.05) is 36.6 Å². The zero-order valence-corrected chi connectivity index (χ0v) is 12.0. The molecular weight excluding hydrogens is 310 g/mol. The first-order valence-electron chi connectivity index (χ1n) is 5.16. The van der Waals surface area contributed by atoms with Crippen LogP contribution in [0, 0.1) is 11.3 Å². The molecule has 5 heteroatoms. The number of hydrogen-bond donors (Lipinski definition) is 1. The second-order valence-corrected chi connectivity index (χ2v) is 5.35. The van der Waals surface area contributed by atoms with Gasteiger partial charge in [-0.2, -0.15) is 5.26 Å². The quantitative estimate of drug-likeness (QED) is 0.857. The average Bonchev–Trinajstić information content (AvgIpc) is 2.38. The maximum atomic E-state index is 9.04. The van der Waals surface area contributed by atoms with E-state index in [2.05, 4.69) is 27.0 Å². The summed E-state index contributed by atoms with van der Waals surface area (Å²) in [5, 5.41) is 9.04. The zero-order valence-electron chi connectivity index (χ0n) is 9.64. The fourth-order valence-electron chi connectivity index (χ4n) is 1.58. The molecule has 0 fully saturated rings. The standard InChI is InChI=1S/C13H10BrN3S/c1-18-12-6-11(17-13(16)10(12)7-15)8-2-4-9(14)5-3-8/h2-6H,1H3,(H2,16,17). The molecule has 1 heterocycles. The molecule has 0 atom stereocenters. The second-order valence-electron chi connectivity index (χ2n) is 3.59. The third-order valence-electron chi connectivity index (χ3n) is 2.48. The number of nitrogens with zero attached hydrogens (tertiary/aromatic N) is 2. The Kier molecular flexibility index (Phi) is 3.90. The van der Waals surface area contributed by atoms with Gasteiger partial charge in [0.25, 0.3) is 0 Å². The highest BCUT2D eigenvalue weighted by Crippen LogP contribution is 2.29. The Morgan fingerprint density at radius 2 is 2.00 bits per heavy atom. The normalized spacial score (nSPS) is 10.1. The molecule has 0 aliphatic heterocycles. The Morgan fingerprint density at radius 3 is 2.56 bits per heavy atom. The Morgan fingerprint density at radius 1 is 1.33 bits per heavy atom. The molecule has 0 saturated carbocycles. The van der Waals surface area contributed by atoms with E-state index in [9.17, 15) is 0 Å². The molecule has 0 aliphatic carbocycles. The summed E-state index contributed by atoms with van der Waals surface area (Å²) in [6.45, 7) is 0.